The summed E-state index contributed by atoms with van der Waals surface area (Å²) in [5.74, 6) is -1.36. The molecule has 0 aliphatic carbocycles. The van der Waals surface area contributed by atoms with Gasteiger partial charge in [-0.1, -0.05) is 39.5 Å². The number of carboxylic acids is 1. The molecule has 0 spiro atoms. The third-order valence-corrected chi connectivity index (χ3v) is 3.90. The molecule has 0 fully saturated rings. The van der Waals surface area contributed by atoms with Crippen LogP contribution in [0.3, 0.4) is 0 Å². The predicted molar refractivity (Wildman–Crippen MR) is 90.9 cm³/mol. The van der Waals surface area contributed by atoms with Gasteiger partial charge in [0.2, 0.25) is 0 Å². The number of benzene rings is 1. The molecule has 1 rings (SSSR count). The minimum atomic E-state index is -0.998. The molecule has 0 saturated heterocycles. The molecule has 0 aromatic heterocycles. The van der Waals surface area contributed by atoms with E-state index in [1.807, 2.05) is 0 Å². The molecule has 0 radical (unpaired) electrons. The molecule has 1 N–H and O–H groups in total. The van der Waals surface area contributed by atoms with Crippen LogP contribution in [0.15, 0.2) is 24.3 Å². The van der Waals surface area contributed by atoms with Crippen LogP contribution in [-0.4, -0.2) is 23.1 Å². The number of carboxylic acid groups (broad SMARTS) is 1. The third-order valence-electron chi connectivity index (χ3n) is 3.90. The Morgan fingerprint density at radius 3 is 1.83 bits per heavy atom. The molecular formula is C19H28O4. The van der Waals surface area contributed by atoms with Gasteiger partial charge >= 0.3 is 11.9 Å². The number of hydrogen-bond acceptors (Lipinski definition) is 3. The maximum absolute atomic E-state index is 12.2. The summed E-state index contributed by atoms with van der Waals surface area (Å²) >= 11 is 0. The van der Waals surface area contributed by atoms with Crippen LogP contribution in [0.1, 0.15) is 85.9 Å². The lowest BCUT2D eigenvalue weighted by molar-refractivity contribution is 0.0249. The molecule has 0 amide bonds. The monoisotopic (exact) mass is 320 g/mol. The molecule has 4 nitrogen and oxygen atoms in total. The Balaban J connectivity index is 2.60. The van der Waals surface area contributed by atoms with Crippen LogP contribution >= 0.6 is 0 Å². The summed E-state index contributed by atoms with van der Waals surface area (Å²) in [5, 5.41) is 8.88. The normalized spacial score (nSPS) is 10.7. The Morgan fingerprint density at radius 1 is 0.913 bits per heavy atom. The highest BCUT2D eigenvalue weighted by Crippen LogP contribution is 2.17. The van der Waals surface area contributed by atoms with Crippen molar-refractivity contribution in [3.63, 3.8) is 0 Å². The second kappa shape index (κ2) is 10.8. The minimum Gasteiger partial charge on any atom is -0.478 e. The van der Waals surface area contributed by atoms with Crippen LogP contribution in [0.2, 0.25) is 0 Å². The summed E-state index contributed by atoms with van der Waals surface area (Å²) in [6.07, 6.45) is 8.48. The number of aromatic carboxylic acids is 1. The van der Waals surface area contributed by atoms with Crippen LogP contribution in [-0.2, 0) is 4.74 Å². The Labute approximate surface area is 138 Å². The van der Waals surface area contributed by atoms with Gasteiger partial charge in [-0.05, 0) is 49.9 Å². The van der Waals surface area contributed by atoms with E-state index in [-0.39, 0.29) is 17.6 Å². The van der Waals surface area contributed by atoms with E-state index in [2.05, 4.69) is 13.8 Å². The molecule has 0 aliphatic rings. The van der Waals surface area contributed by atoms with E-state index < -0.39 is 5.97 Å². The molecule has 0 atom stereocenters. The van der Waals surface area contributed by atoms with Crippen LogP contribution in [0.4, 0.5) is 0 Å². The lowest BCUT2D eigenvalue weighted by atomic mass is 10.0. The van der Waals surface area contributed by atoms with E-state index in [4.69, 9.17) is 9.84 Å². The Hall–Kier alpha value is -1.84. The summed E-state index contributed by atoms with van der Waals surface area (Å²) in [5.41, 5.74) is 0.579. The topological polar surface area (TPSA) is 63.6 Å². The smallest absolute Gasteiger partial charge is 0.338 e. The molecular weight excluding hydrogens is 292 g/mol. The summed E-state index contributed by atoms with van der Waals surface area (Å²) in [7, 11) is 0. The lowest BCUT2D eigenvalue weighted by Gasteiger charge is -2.18. The standard InChI is InChI=1S/C19H28O4/c1-3-5-7-9-17(10-8-6-4-2)23-19(22)16-13-11-15(12-14-16)18(20)21/h11-14,17H,3-10H2,1-2H3,(H,20,21). The number of rotatable bonds is 11. The molecule has 1 aromatic carbocycles. The first-order chi connectivity index (χ1) is 11.1. The summed E-state index contributed by atoms with van der Waals surface area (Å²) in [6, 6.07) is 5.89. The maximum Gasteiger partial charge on any atom is 0.338 e. The van der Waals surface area contributed by atoms with E-state index in [0.29, 0.717) is 5.56 Å². The average molecular weight is 320 g/mol. The fourth-order valence-corrected chi connectivity index (χ4v) is 2.47. The van der Waals surface area contributed by atoms with Gasteiger partial charge in [-0.15, -0.1) is 0 Å². The van der Waals surface area contributed by atoms with Gasteiger partial charge in [0.05, 0.1) is 11.1 Å². The van der Waals surface area contributed by atoms with Gasteiger partial charge in [0.25, 0.3) is 0 Å². The Bertz CT molecular complexity index is 469. The van der Waals surface area contributed by atoms with E-state index in [1.165, 1.54) is 24.3 Å². The van der Waals surface area contributed by atoms with Crippen LogP contribution in [0, 0.1) is 0 Å². The Kier molecular flexibility index (Phi) is 9.03. The third kappa shape index (κ3) is 7.31. The Morgan fingerprint density at radius 2 is 1.39 bits per heavy atom. The first-order valence-corrected chi connectivity index (χ1v) is 8.62. The van der Waals surface area contributed by atoms with Crippen molar-refractivity contribution in [3.8, 4) is 0 Å². The van der Waals surface area contributed by atoms with Crippen molar-refractivity contribution in [2.75, 3.05) is 0 Å². The molecule has 0 saturated carbocycles. The second-order valence-electron chi connectivity index (χ2n) is 5.90. The van der Waals surface area contributed by atoms with Crippen molar-refractivity contribution in [1.29, 1.82) is 0 Å². The minimum absolute atomic E-state index is 0.0419. The molecule has 23 heavy (non-hydrogen) atoms. The van der Waals surface area contributed by atoms with Crippen molar-refractivity contribution in [1.82, 2.24) is 0 Å². The first-order valence-electron chi connectivity index (χ1n) is 8.62. The number of carbonyl (C=O) groups is 2. The van der Waals surface area contributed by atoms with E-state index in [9.17, 15) is 9.59 Å². The molecule has 0 heterocycles. The molecule has 4 heteroatoms. The number of ether oxygens (including phenoxy) is 1. The van der Waals surface area contributed by atoms with Crippen molar-refractivity contribution in [2.45, 2.75) is 71.3 Å². The zero-order valence-corrected chi connectivity index (χ0v) is 14.2. The SMILES string of the molecule is CCCCCC(CCCCC)OC(=O)c1ccc(C(=O)O)cc1. The molecule has 0 unspecified atom stereocenters. The number of unbranched alkanes of at least 4 members (excludes halogenated alkanes) is 4. The van der Waals surface area contributed by atoms with E-state index >= 15 is 0 Å². The van der Waals surface area contributed by atoms with E-state index in [1.54, 1.807) is 0 Å². The van der Waals surface area contributed by atoms with Crippen LogP contribution < -0.4 is 0 Å². The van der Waals surface area contributed by atoms with Gasteiger partial charge in [0.15, 0.2) is 0 Å². The van der Waals surface area contributed by atoms with E-state index in [0.717, 1.165) is 51.4 Å². The summed E-state index contributed by atoms with van der Waals surface area (Å²) in [6.45, 7) is 4.31. The van der Waals surface area contributed by atoms with Crippen LogP contribution in [0.25, 0.3) is 0 Å². The lowest BCUT2D eigenvalue weighted by Crippen LogP contribution is -2.18. The van der Waals surface area contributed by atoms with Crippen LogP contribution in [0.5, 0.6) is 0 Å². The second-order valence-corrected chi connectivity index (χ2v) is 5.90. The van der Waals surface area contributed by atoms with Crippen molar-refractivity contribution >= 4 is 11.9 Å². The fraction of sp³-hybridized carbons (Fsp3) is 0.579. The predicted octanol–water partition coefficient (Wildman–Crippen LogP) is 5.07. The van der Waals surface area contributed by atoms with Gasteiger partial charge in [-0.2, -0.15) is 0 Å². The van der Waals surface area contributed by atoms with Crippen molar-refractivity contribution < 1.29 is 19.4 Å². The maximum atomic E-state index is 12.2. The highest BCUT2D eigenvalue weighted by atomic mass is 16.5. The highest BCUT2D eigenvalue weighted by Gasteiger charge is 2.16. The number of carbonyl (C=O) groups excluding carboxylic acids is 1. The summed E-state index contributed by atoms with van der Waals surface area (Å²) in [4.78, 5) is 23.1. The molecule has 1 aromatic rings. The van der Waals surface area contributed by atoms with Gasteiger partial charge in [0.1, 0.15) is 6.10 Å². The largest absolute Gasteiger partial charge is 0.478 e. The van der Waals surface area contributed by atoms with Crippen molar-refractivity contribution in [2.24, 2.45) is 0 Å². The quantitative estimate of drug-likeness (QED) is 0.456. The first kappa shape index (κ1) is 19.2. The van der Waals surface area contributed by atoms with Gasteiger partial charge in [-0.3, -0.25) is 0 Å². The van der Waals surface area contributed by atoms with Gasteiger partial charge < -0.3 is 9.84 Å². The zero-order valence-electron chi connectivity index (χ0n) is 14.2. The number of hydrogen-bond donors (Lipinski definition) is 1. The zero-order chi connectivity index (χ0) is 17.1. The van der Waals surface area contributed by atoms with Gasteiger partial charge in [-0.25, -0.2) is 9.59 Å². The number of esters is 1. The molecule has 0 bridgehead atoms. The summed E-state index contributed by atoms with van der Waals surface area (Å²) < 4.78 is 5.64. The fourth-order valence-electron chi connectivity index (χ4n) is 2.47. The molecule has 128 valence electrons. The molecule has 0 aliphatic heterocycles. The highest BCUT2D eigenvalue weighted by molar-refractivity contribution is 5.92. The average Bonchev–Trinajstić information content (AvgIpc) is 2.55. The van der Waals surface area contributed by atoms with Crippen molar-refractivity contribution in [3.05, 3.63) is 35.4 Å². The van der Waals surface area contributed by atoms with Gasteiger partial charge in [0, 0.05) is 0 Å².